The molecule has 118 heavy (non-hydrogen) atoms. The predicted molar refractivity (Wildman–Crippen MR) is 476 cm³/mol. The normalized spacial score (nSPS) is 12.9. The highest BCUT2D eigenvalue weighted by atomic mass is 127. The van der Waals surface area contributed by atoms with Crippen LogP contribution in [0.5, 0.6) is 5.75 Å². The van der Waals surface area contributed by atoms with Gasteiger partial charge in [-0.05, 0) is 272 Å². The van der Waals surface area contributed by atoms with Gasteiger partial charge in [-0.3, -0.25) is 4.98 Å². The summed E-state index contributed by atoms with van der Waals surface area (Å²) in [6, 6.07) is 68.8. The van der Waals surface area contributed by atoms with Crippen LogP contribution in [0.3, 0.4) is 0 Å². The molecule has 0 radical (unpaired) electrons. The number of fused-ring (bicyclic) bond motifs is 5. The average Bonchev–Trinajstić information content (AvgIpc) is 1.00. The fourth-order valence-corrected chi connectivity index (χ4v) is 17.6. The quantitative estimate of drug-likeness (QED) is 0.0243. The Balaban J connectivity index is 0.000000131. The van der Waals surface area contributed by atoms with Crippen LogP contribution in [0.4, 0.5) is 27.1 Å². The number of nitrogen functional groups attached to an aromatic ring is 1. The van der Waals surface area contributed by atoms with E-state index in [2.05, 4.69) is 328 Å². The molecule has 1 saturated heterocycles. The fourth-order valence-electron chi connectivity index (χ4n) is 12.8. The number of rotatable bonds is 11. The zero-order chi connectivity index (χ0) is 84.1. The molecule has 17 nitrogen and oxygen atoms in total. The van der Waals surface area contributed by atoms with Gasteiger partial charge in [-0.25, -0.2) is 26.6 Å². The summed E-state index contributed by atoms with van der Waals surface area (Å²) in [5.74, 6) is -14.0. The summed E-state index contributed by atoms with van der Waals surface area (Å²) in [6.07, 6.45) is 9.33. The monoisotopic (exact) mass is 1920 g/mol. The molecule has 10 aromatic carbocycles. The molecule has 7 aromatic heterocycles. The highest BCUT2D eigenvalue weighted by molar-refractivity contribution is 14.1. The molecule has 600 valence electrons. The van der Waals surface area contributed by atoms with Crippen LogP contribution >= 0.6 is 88.7 Å². The smallest absolute Gasteiger partial charge is 0.399 e. The van der Waals surface area contributed by atoms with E-state index in [-0.39, 0.29) is 34.1 Å². The lowest BCUT2D eigenvalue weighted by molar-refractivity contribution is 0.00578. The molecule has 1 aliphatic rings. The number of benzene rings is 10. The lowest BCUT2D eigenvalue weighted by atomic mass is 9.76. The third-order valence-corrected chi connectivity index (χ3v) is 26.6. The molecule has 1 fully saturated rings. The molecule has 2 N–H and O–H groups in total. The van der Waals surface area contributed by atoms with Crippen LogP contribution in [-0.4, -0.2) is 79.2 Å². The summed E-state index contributed by atoms with van der Waals surface area (Å²) >= 11 is 17.7. The van der Waals surface area contributed by atoms with E-state index < -0.39 is 59.7 Å². The van der Waals surface area contributed by atoms with E-state index in [1.54, 1.807) is 23.8 Å². The number of halogens is 9. The van der Waals surface area contributed by atoms with Crippen molar-refractivity contribution in [3.63, 3.8) is 0 Å². The molecule has 0 bridgehead atoms. The lowest BCUT2D eigenvalue weighted by Gasteiger charge is -2.32. The Hall–Kier alpha value is -10.1. The molecule has 0 amide bonds. The van der Waals surface area contributed by atoms with Crippen LogP contribution in [-0.2, 0) is 35.0 Å². The van der Waals surface area contributed by atoms with Crippen molar-refractivity contribution in [3.05, 3.63) is 328 Å². The molecule has 0 unspecified atom stereocenters. The minimum absolute atomic E-state index is 0.0760. The minimum Gasteiger partial charge on any atom is -0.399 e. The summed E-state index contributed by atoms with van der Waals surface area (Å²) in [7, 11) is -8.75. The van der Waals surface area contributed by atoms with Crippen molar-refractivity contribution in [2.45, 2.75) is 82.1 Å². The number of sulfone groups is 1. The molecule has 0 aliphatic carbocycles. The van der Waals surface area contributed by atoms with Gasteiger partial charge in [0.2, 0.25) is 40.0 Å². The number of hydrogen-bond acceptors (Lipinski definition) is 16. The van der Waals surface area contributed by atoms with Gasteiger partial charge in [-0.1, -0.05) is 128 Å². The van der Waals surface area contributed by atoms with E-state index >= 15 is 0 Å². The van der Waals surface area contributed by atoms with Crippen LogP contribution in [0.15, 0.2) is 273 Å². The SMILES string of the molecule is Cc1cc(-n2ccc3ccccc32)ccc1-c1nccc2cc(S(=O)(=O)Cc3nncs3)ccc12.Cc1cc(-n2ccc3ccccc32)ccc1B1OC(C)(C)C(C)(C)O1.Cc1cc(-n2ccc3ccccc32)ccc1Br.Cc1cc(I)ccc1Br.Nc1nncs1.O=S(=O)(Oc1c(F)c(F)c(F)c(F)c1F)c1ccc2c(Cl)nccc2c1. The molecular weight excluding hydrogens is 1850 g/mol. The highest BCUT2D eigenvalue weighted by Crippen LogP contribution is 2.39. The van der Waals surface area contributed by atoms with Crippen molar-refractivity contribution in [1.29, 1.82) is 0 Å². The van der Waals surface area contributed by atoms with Gasteiger partial charge >= 0.3 is 17.2 Å². The Bertz CT molecular complexity index is 6790. The third kappa shape index (κ3) is 19.1. The number of aryl methyl sites for hydroxylation is 4. The largest absolute Gasteiger partial charge is 0.495 e. The summed E-state index contributed by atoms with van der Waals surface area (Å²) in [6.45, 7) is 16.7. The Morgan fingerprint density at radius 1 is 0.508 bits per heavy atom. The van der Waals surface area contributed by atoms with E-state index in [0.29, 0.717) is 20.9 Å². The van der Waals surface area contributed by atoms with Crippen LogP contribution in [0.2, 0.25) is 5.15 Å². The van der Waals surface area contributed by atoms with E-state index in [1.165, 1.54) is 104 Å². The molecule has 0 atom stereocenters. The number of nitrogens with two attached hydrogens (primary N) is 1. The van der Waals surface area contributed by atoms with E-state index in [9.17, 15) is 38.8 Å². The highest BCUT2D eigenvalue weighted by Gasteiger charge is 2.52. The van der Waals surface area contributed by atoms with Crippen LogP contribution < -0.4 is 15.4 Å². The van der Waals surface area contributed by atoms with E-state index in [4.69, 9.17) is 26.6 Å². The fraction of sp³-hybridized carbons (Fsp3) is 0.126. The first-order valence-corrected chi connectivity index (χ1v) is 44.0. The van der Waals surface area contributed by atoms with Crippen molar-refractivity contribution in [2.24, 2.45) is 0 Å². The first-order valence-electron chi connectivity index (χ1n) is 36.1. The third-order valence-electron chi connectivity index (χ3n) is 19.6. The van der Waals surface area contributed by atoms with Gasteiger partial charge in [-0.2, -0.15) is 17.2 Å². The first-order chi connectivity index (χ1) is 56.3. The van der Waals surface area contributed by atoms with E-state index in [1.807, 2.05) is 24.3 Å². The molecule has 0 saturated carbocycles. The van der Waals surface area contributed by atoms with Crippen molar-refractivity contribution in [2.75, 3.05) is 5.73 Å². The molecule has 8 heterocycles. The Morgan fingerprint density at radius 2 is 0.975 bits per heavy atom. The molecular formula is C87H70BBr2ClF5IN10O7S4. The topological polar surface area (TPSA) is 214 Å². The summed E-state index contributed by atoms with van der Waals surface area (Å²) in [4.78, 5) is 8.13. The van der Waals surface area contributed by atoms with Gasteiger partial charge < -0.3 is 32.9 Å². The lowest BCUT2D eigenvalue weighted by Crippen LogP contribution is -2.41. The molecule has 17 aromatic rings. The second-order valence-electron chi connectivity index (χ2n) is 28.0. The summed E-state index contributed by atoms with van der Waals surface area (Å²) in [5, 5.41) is 21.7. The maximum absolute atomic E-state index is 13.6. The molecule has 0 spiro atoms. The van der Waals surface area contributed by atoms with Gasteiger partial charge in [-0.15, -0.1) is 31.7 Å². The summed E-state index contributed by atoms with van der Waals surface area (Å²) < 4.78 is 144. The molecule has 31 heteroatoms. The second kappa shape index (κ2) is 36.2. The van der Waals surface area contributed by atoms with Crippen molar-refractivity contribution in [3.8, 4) is 34.1 Å². The van der Waals surface area contributed by atoms with Gasteiger partial charge in [0.15, 0.2) is 9.84 Å². The number of nitrogens with zero attached hydrogens (tertiary/aromatic N) is 9. The van der Waals surface area contributed by atoms with Crippen LogP contribution in [0.25, 0.3) is 82.6 Å². The molecule has 1 aliphatic heterocycles. The number of hydrogen-bond donors (Lipinski definition) is 1. The Morgan fingerprint density at radius 3 is 1.47 bits per heavy atom. The number of para-hydroxylation sites is 3. The maximum Gasteiger partial charge on any atom is 0.495 e. The van der Waals surface area contributed by atoms with Crippen LogP contribution in [0, 0.1) is 60.4 Å². The molecule has 18 rings (SSSR count). The second-order valence-corrected chi connectivity index (χ2v) is 36.7. The minimum atomic E-state index is -4.91. The van der Waals surface area contributed by atoms with Gasteiger partial charge in [0.05, 0.1) is 38.3 Å². The van der Waals surface area contributed by atoms with Crippen molar-refractivity contribution < 1.29 is 52.3 Å². The van der Waals surface area contributed by atoms with Gasteiger partial charge in [0.1, 0.15) is 31.8 Å². The zero-order valence-electron chi connectivity index (χ0n) is 64.0. The van der Waals surface area contributed by atoms with Gasteiger partial charge in [0.25, 0.3) is 0 Å². The Kier molecular flexibility index (Phi) is 26.3. The number of anilines is 1. The van der Waals surface area contributed by atoms with Gasteiger partial charge in [0, 0.05) is 76.9 Å². The Labute approximate surface area is 720 Å². The summed E-state index contributed by atoms with van der Waals surface area (Å²) in [5.41, 5.74) is 22.4. The standard InChI is InChI=1S/C27H20N4O2S2.C21H24BNO2.C15H12BrN.C15H5ClF5NO3S.C7H6BrI.C2H3N3S/c1-18-14-21(31-13-11-19-4-2-3-5-25(19)31)6-8-23(18)27-24-9-7-22(15-20(24)10-12-28-27)35(32,33)16-26-30-29-17-34-26;1-15-14-17(23-13-12-16-8-6-7-9-19(16)23)10-11-18(15)22-24-20(2,3)21(4,5)25-22;1-11-10-13(6-7-14(11)16)17-9-8-12-4-2-3-5-15(12)17;16-15-8-2-1-7(5-6(8)3-4-22-15)26(23,24)25-14-12(20)10(18)9(17)11(19)13(14)21;1-5-4-6(9)2-3-7(5)8;3-2-5-4-1-6-2/h2-15,17H,16H2,1H3;6-14H,1-5H3;2-10H,1H3;1-5H;2-4H,1H3;1H,(H2,3,5). The maximum atomic E-state index is 13.6. The van der Waals surface area contributed by atoms with Crippen molar-refractivity contribution >= 4 is 181 Å². The average molecular weight is 1920 g/mol. The number of aromatic nitrogens is 9. The van der Waals surface area contributed by atoms with E-state index in [0.717, 1.165) is 66.6 Å². The first kappa shape index (κ1) is 85.7. The predicted octanol–water partition coefficient (Wildman–Crippen LogP) is 22.8. The number of pyridine rings is 2. The zero-order valence-corrected chi connectivity index (χ0v) is 73.4. The van der Waals surface area contributed by atoms with Crippen molar-refractivity contribution in [1.82, 2.24) is 44.1 Å². The van der Waals surface area contributed by atoms with Crippen LogP contribution in [0.1, 0.15) is 55.0 Å².